The molecule has 4 rings (SSSR count). The Balaban J connectivity index is 1.30. The Morgan fingerprint density at radius 3 is 2.33 bits per heavy atom. The molecule has 1 aliphatic rings. The number of hydrogen-bond acceptors (Lipinski definition) is 5. The number of carbonyl (C=O) groups is 2. The molecule has 1 aliphatic heterocycles. The number of hydrogen-bond donors (Lipinski definition) is 1. The molecule has 0 atom stereocenters. The first-order chi connectivity index (χ1) is 13.2. The molecule has 0 unspecified atom stereocenters. The van der Waals surface area contributed by atoms with Crippen molar-refractivity contribution >= 4 is 38.8 Å². The number of aromatic nitrogens is 1. The number of ether oxygens (including phenoxy) is 1. The number of amides is 3. The molecular formula is C19H18N4O3S. The fourth-order valence-corrected chi connectivity index (χ4v) is 3.70. The number of piperazine rings is 1. The van der Waals surface area contributed by atoms with Crippen LogP contribution in [0.15, 0.2) is 54.6 Å². The van der Waals surface area contributed by atoms with Gasteiger partial charge in [0.25, 0.3) is 0 Å². The summed E-state index contributed by atoms with van der Waals surface area (Å²) in [5, 5.41) is 3.42. The van der Waals surface area contributed by atoms with Crippen LogP contribution in [0.2, 0.25) is 0 Å². The van der Waals surface area contributed by atoms with Crippen molar-refractivity contribution in [1.82, 2.24) is 14.8 Å². The van der Waals surface area contributed by atoms with E-state index >= 15 is 0 Å². The van der Waals surface area contributed by atoms with Gasteiger partial charge < -0.3 is 14.5 Å². The Kier molecular flexibility index (Phi) is 4.88. The van der Waals surface area contributed by atoms with Gasteiger partial charge in [0.2, 0.25) is 0 Å². The van der Waals surface area contributed by atoms with Crippen LogP contribution < -0.4 is 10.1 Å². The van der Waals surface area contributed by atoms with Crippen molar-refractivity contribution in [3.63, 3.8) is 0 Å². The molecule has 138 valence electrons. The number of anilines is 1. The maximum Gasteiger partial charge on any atom is 0.415 e. The minimum absolute atomic E-state index is 0.204. The fraction of sp³-hybridized carbons (Fsp3) is 0.211. The number of benzene rings is 2. The van der Waals surface area contributed by atoms with E-state index in [9.17, 15) is 9.59 Å². The summed E-state index contributed by atoms with van der Waals surface area (Å²) in [5.74, 6) is 0.513. The van der Waals surface area contributed by atoms with Gasteiger partial charge in [-0.2, -0.15) is 0 Å². The normalized spacial score (nSPS) is 14.2. The summed E-state index contributed by atoms with van der Waals surface area (Å²) < 4.78 is 6.37. The van der Waals surface area contributed by atoms with Crippen LogP contribution in [-0.2, 0) is 0 Å². The standard InChI is InChI=1S/C19H18N4O3S/c24-18(21-17-20-15-8-4-5-9-16(15)27-17)22-10-12-23(13-11-22)19(25)26-14-6-2-1-3-7-14/h1-9H,10-13H2,(H,20,21,24). The quantitative estimate of drug-likeness (QED) is 0.734. The van der Waals surface area contributed by atoms with Crippen LogP contribution in [0, 0.1) is 0 Å². The summed E-state index contributed by atoms with van der Waals surface area (Å²) in [6.07, 6.45) is -0.396. The van der Waals surface area contributed by atoms with E-state index < -0.39 is 6.09 Å². The zero-order valence-corrected chi connectivity index (χ0v) is 15.3. The molecule has 2 aromatic carbocycles. The molecule has 2 heterocycles. The van der Waals surface area contributed by atoms with Crippen molar-refractivity contribution in [3.05, 3.63) is 54.6 Å². The van der Waals surface area contributed by atoms with E-state index in [4.69, 9.17) is 4.74 Å². The molecule has 1 aromatic heterocycles. The molecule has 1 N–H and O–H groups in total. The second-order valence-corrected chi connectivity index (χ2v) is 7.10. The molecule has 3 amide bonds. The van der Waals surface area contributed by atoms with Gasteiger partial charge in [-0.1, -0.05) is 41.7 Å². The predicted octanol–water partition coefficient (Wildman–Crippen LogP) is 3.64. The Morgan fingerprint density at radius 2 is 1.59 bits per heavy atom. The van der Waals surface area contributed by atoms with E-state index in [1.165, 1.54) is 11.3 Å². The highest BCUT2D eigenvalue weighted by molar-refractivity contribution is 7.22. The second kappa shape index (κ2) is 7.63. The molecule has 0 aliphatic carbocycles. The van der Waals surface area contributed by atoms with Gasteiger partial charge in [-0.3, -0.25) is 5.32 Å². The lowest BCUT2D eigenvalue weighted by Gasteiger charge is -2.33. The third-order valence-electron chi connectivity index (χ3n) is 4.28. The van der Waals surface area contributed by atoms with Gasteiger partial charge in [0.05, 0.1) is 10.2 Å². The lowest BCUT2D eigenvalue weighted by Crippen LogP contribution is -2.52. The van der Waals surface area contributed by atoms with E-state index in [2.05, 4.69) is 10.3 Å². The lowest BCUT2D eigenvalue weighted by atomic mass is 10.3. The zero-order valence-electron chi connectivity index (χ0n) is 14.5. The zero-order chi connectivity index (χ0) is 18.6. The van der Waals surface area contributed by atoms with Crippen LogP contribution in [0.5, 0.6) is 5.75 Å². The number of carbonyl (C=O) groups excluding carboxylic acids is 2. The SMILES string of the molecule is O=C(Nc1nc2ccccc2s1)N1CCN(C(=O)Oc2ccccc2)CC1. The fourth-order valence-electron chi connectivity index (χ4n) is 2.84. The second-order valence-electron chi connectivity index (χ2n) is 6.07. The molecule has 0 spiro atoms. The lowest BCUT2D eigenvalue weighted by molar-refractivity contribution is 0.120. The van der Waals surface area contributed by atoms with Crippen LogP contribution >= 0.6 is 11.3 Å². The first-order valence-corrected chi connectivity index (χ1v) is 9.44. The molecule has 0 saturated carbocycles. The topological polar surface area (TPSA) is 74.8 Å². The van der Waals surface area contributed by atoms with Crippen molar-refractivity contribution in [2.75, 3.05) is 31.5 Å². The smallest absolute Gasteiger partial charge is 0.410 e. The predicted molar refractivity (Wildman–Crippen MR) is 104 cm³/mol. The van der Waals surface area contributed by atoms with Gasteiger partial charge in [-0.15, -0.1) is 0 Å². The number of thiazole rings is 1. The van der Waals surface area contributed by atoms with Crippen LogP contribution in [0.3, 0.4) is 0 Å². The van der Waals surface area contributed by atoms with Gasteiger partial charge in [0, 0.05) is 26.2 Å². The van der Waals surface area contributed by atoms with Crippen LogP contribution in [0.1, 0.15) is 0 Å². The molecule has 1 saturated heterocycles. The average molecular weight is 382 g/mol. The molecule has 8 heteroatoms. The molecule has 0 radical (unpaired) electrons. The number of urea groups is 1. The molecule has 27 heavy (non-hydrogen) atoms. The number of nitrogens with zero attached hydrogens (tertiary/aromatic N) is 3. The van der Waals surface area contributed by atoms with Crippen LogP contribution in [0.25, 0.3) is 10.2 Å². The van der Waals surface area contributed by atoms with Gasteiger partial charge in [-0.25, -0.2) is 14.6 Å². The number of nitrogens with one attached hydrogen (secondary N) is 1. The third kappa shape index (κ3) is 4.01. The van der Waals surface area contributed by atoms with Crippen LogP contribution in [-0.4, -0.2) is 53.1 Å². The summed E-state index contributed by atoms with van der Waals surface area (Å²) >= 11 is 1.44. The minimum atomic E-state index is -0.396. The molecule has 3 aromatic rings. The van der Waals surface area contributed by atoms with E-state index in [1.807, 2.05) is 42.5 Å². The maximum absolute atomic E-state index is 12.5. The number of fused-ring (bicyclic) bond motifs is 1. The van der Waals surface area contributed by atoms with Gasteiger partial charge >= 0.3 is 12.1 Å². The van der Waals surface area contributed by atoms with Crippen molar-refractivity contribution < 1.29 is 14.3 Å². The van der Waals surface area contributed by atoms with Crippen LogP contribution in [0.4, 0.5) is 14.7 Å². The Labute approximate surface area is 160 Å². The Hall–Kier alpha value is -3.13. The summed E-state index contributed by atoms with van der Waals surface area (Å²) in [7, 11) is 0. The van der Waals surface area contributed by atoms with E-state index in [0.717, 1.165) is 10.2 Å². The highest BCUT2D eigenvalue weighted by atomic mass is 32.1. The molecular weight excluding hydrogens is 364 g/mol. The first-order valence-electron chi connectivity index (χ1n) is 8.62. The number of rotatable bonds is 2. The van der Waals surface area contributed by atoms with E-state index in [0.29, 0.717) is 37.1 Å². The number of para-hydroxylation sites is 2. The largest absolute Gasteiger partial charge is 0.415 e. The highest BCUT2D eigenvalue weighted by Crippen LogP contribution is 2.25. The van der Waals surface area contributed by atoms with E-state index in [1.54, 1.807) is 21.9 Å². The summed E-state index contributed by atoms with van der Waals surface area (Å²) in [6.45, 7) is 1.75. The third-order valence-corrected chi connectivity index (χ3v) is 5.23. The minimum Gasteiger partial charge on any atom is -0.410 e. The van der Waals surface area contributed by atoms with Crippen molar-refractivity contribution in [2.45, 2.75) is 0 Å². The van der Waals surface area contributed by atoms with Crippen molar-refractivity contribution in [2.24, 2.45) is 0 Å². The van der Waals surface area contributed by atoms with Gasteiger partial charge in [0.1, 0.15) is 5.75 Å². The monoisotopic (exact) mass is 382 g/mol. The highest BCUT2D eigenvalue weighted by Gasteiger charge is 2.25. The van der Waals surface area contributed by atoms with Crippen molar-refractivity contribution in [3.8, 4) is 5.75 Å². The van der Waals surface area contributed by atoms with Gasteiger partial charge in [0.15, 0.2) is 5.13 Å². The van der Waals surface area contributed by atoms with Gasteiger partial charge in [-0.05, 0) is 24.3 Å². The summed E-state index contributed by atoms with van der Waals surface area (Å²) in [6, 6.07) is 16.5. The first kappa shape index (κ1) is 17.3. The average Bonchev–Trinajstić information content (AvgIpc) is 3.11. The van der Waals surface area contributed by atoms with E-state index in [-0.39, 0.29) is 6.03 Å². The summed E-state index contributed by atoms with van der Waals surface area (Å²) in [4.78, 5) is 32.4. The molecule has 1 fully saturated rings. The summed E-state index contributed by atoms with van der Waals surface area (Å²) in [5.41, 5.74) is 0.867. The Morgan fingerprint density at radius 1 is 0.926 bits per heavy atom. The Bertz CT molecular complexity index is 919. The maximum atomic E-state index is 12.5. The molecule has 0 bridgehead atoms. The van der Waals surface area contributed by atoms with Crippen molar-refractivity contribution in [1.29, 1.82) is 0 Å². The molecule has 7 nitrogen and oxygen atoms in total.